The Kier molecular flexibility index (Phi) is 4.57. The van der Waals surface area contributed by atoms with Gasteiger partial charge in [0, 0.05) is 16.4 Å². The third kappa shape index (κ3) is 2.89. The first-order valence-corrected chi connectivity index (χ1v) is 12.0. The lowest BCUT2D eigenvalue weighted by Gasteiger charge is -2.44. The molecule has 1 aliphatic carbocycles. The van der Waals surface area contributed by atoms with Gasteiger partial charge in [0.25, 0.3) is 11.8 Å². The van der Waals surface area contributed by atoms with Crippen LogP contribution in [0.4, 0.5) is 5.00 Å². The van der Waals surface area contributed by atoms with Gasteiger partial charge in [-0.1, -0.05) is 30.3 Å². The Morgan fingerprint density at radius 1 is 1.06 bits per heavy atom. The highest BCUT2D eigenvalue weighted by Gasteiger charge is 2.47. The van der Waals surface area contributed by atoms with Crippen molar-refractivity contribution < 1.29 is 14.3 Å². The number of methoxy groups -OCH3 is 1. The summed E-state index contributed by atoms with van der Waals surface area (Å²) in [6.07, 6.45) is 4.50. The maximum absolute atomic E-state index is 13.7. The van der Waals surface area contributed by atoms with Crippen LogP contribution >= 0.6 is 11.3 Å². The molecule has 6 rings (SSSR count). The van der Waals surface area contributed by atoms with Crippen LogP contribution in [-0.4, -0.2) is 25.1 Å². The average Bonchev–Trinajstić information content (AvgIpc) is 3.22. The van der Waals surface area contributed by atoms with Crippen LogP contribution in [0.3, 0.4) is 0 Å². The third-order valence-corrected chi connectivity index (χ3v) is 8.25. The van der Waals surface area contributed by atoms with Gasteiger partial charge in [-0.2, -0.15) is 0 Å². The maximum atomic E-state index is 13.7. The molecule has 0 radical (unpaired) electrons. The molecule has 0 saturated carbocycles. The number of fused-ring (bicyclic) bond motifs is 6. The lowest BCUT2D eigenvalue weighted by Crippen LogP contribution is -2.60. The van der Waals surface area contributed by atoms with Crippen LogP contribution in [0.15, 0.2) is 48.5 Å². The van der Waals surface area contributed by atoms with E-state index in [1.807, 2.05) is 41.3 Å². The number of carbonyl (C=O) groups excluding carboxylic acids is 2. The van der Waals surface area contributed by atoms with E-state index in [1.165, 1.54) is 4.88 Å². The number of carbonyl (C=O) groups is 2. The van der Waals surface area contributed by atoms with Crippen molar-refractivity contribution in [2.75, 3.05) is 12.0 Å². The molecular formula is C26H24N2O3S. The third-order valence-electron chi connectivity index (χ3n) is 6.96. The zero-order chi connectivity index (χ0) is 21.8. The quantitative estimate of drug-likeness (QED) is 0.638. The van der Waals surface area contributed by atoms with Gasteiger partial charge in [0.1, 0.15) is 16.9 Å². The van der Waals surface area contributed by atoms with Crippen molar-refractivity contribution in [3.8, 4) is 5.75 Å². The van der Waals surface area contributed by atoms with Gasteiger partial charge in [0.15, 0.2) is 0 Å². The van der Waals surface area contributed by atoms with E-state index in [2.05, 4.69) is 17.4 Å². The number of anilines is 1. The molecule has 162 valence electrons. The molecule has 6 heteroatoms. The summed E-state index contributed by atoms with van der Waals surface area (Å²) in [4.78, 5) is 30.1. The van der Waals surface area contributed by atoms with Gasteiger partial charge in [-0.15, -0.1) is 11.3 Å². The molecule has 2 amide bonds. The number of thiophene rings is 1. The summed E-state index contributed by atoms with van der Waals surface area (Å²) in [6.45, 7) is 0. The SMILES string of the molecule is COc1ccc(CC2c3ccccc3C(=O)N3c4sc5c(c4C(=O)NC23)CCCC5)cc1. The standard InChI is InChI=1S/C26H24N2O3S/c1-31-16-12-10-15(11-13-16)14-20-17-6-2-3-7-18(17)25(30)28-23(20)27-24(29)22-19-8-4-5-9-21(19)32-26(22)28/h2-3,6-7,10-13,20,23H,4-5,8-9,14H2,1H3,(H,27,29). The van der Waals surface area contributed by atoms with E-state index in [1.54, 1.807) is 18.4 Å². The summed E-state index contributed by atoms with van der Waals surface area (Å²) in [5.74, 6) is 0.729. The smallest absolute Gasteiger partial charge is 0.260 e. The molecule has 3 aromatic rings. The first-order valence-electron chi connectivity index (χ1n) is 11.2. The molecule has 1 aromatic heterocycles. The Labute approximate surface area is 191 Å². The fourth-order valence-electron chi connectivity index (χ4n) is 5.40. The summed E-state index contributed by atoms with van der Waals surface area (Å²) in [5.41, 5.74) is 4.77. The van der Waals surface area contributed by atoms with Crippen LogP contribution in [-0.2, 0) is 19.3 Å². The van der Waals surface area contributed by atoms with Crippen molar-refractivity contribution in [1.29, 1.82) is 0 Å². The lowest BCUT2D eigenvalue weighted by atomic mass is 9.81. The monoisotopic (exact) mass is 444 g/mol. The van der Waals surface area contributed by atoms with Gasteiger partial charge in [0.2, 0.25) is 0 Å². The molecule has 3 heterocycles. The molecule has 0 spiro atoms. The van der Waals surface area contributed by atoms with Crippen molar-refractivity contribution in [3.63, 3.8) is 0 Å². The van der Waals surface area contributed by atoms with Gasteiger partial charge in [-0.25, -0.2) is 0 Å². The van der Waals surface area contributed by atoms with Crippen LogP contribution in [0.1, 0.15) is 61.0 Å². The number of amides is 2. The minimum absolute atomic E-state index is 0.0172. The molecule has 3 aliphatic rings. The van der Waals surface area contributed by atoms with Crippen LogP contribution in [0.5, 0.6) is 5.75 Å². The van der Waals surface area contributed by atoms with E-state index in [9.17, 15) is 9.59 Å². The fraction of sp³-hybridized carbons (Fsp3) is 0.308. The molecule has 0 saturated heterocycles. The Balaban J connectivity index is 1.47. The average molecular weight is 445 g/mol. The highest BCUT2D eigenvalue weighted by Crippen LogP contribution is 2.47. The van der Waals surface area contributed by atoms with Crippen molar-refractivity contribution >= 4 is 28.2 Å². The molecule has 2 unspecified atom stereocenters. The second-order valence-corrected chi connectivity index (χ2v) is 9.81. The first kappa shape index (κ1) is 19.6. The molecule has 32 heavy (non-hydrogen) atoms. The first-order chi connectivity index (χ1) is 15.7. The lowest BCUT2D eigenvalue weighted by molar-refractivity contribution is 0.0877. The second-order valence-electron chi connectivity index (χ2n) is 8.73. The van der Waals surface area contributed by atoms with Gasteiger partial charge < -0.3 is 10.1 Å². The number of nitrogens with zero attached hydrogens (tertiary/aromatic N) is 1. The topological polar surface area (TPSA) is 58.6 Å². The molecule has 2 aromatic carbocycles. The van der Waals surface area contributed by atoms with Crippen LogP contribution in [0.25, 0.3) is 0 Å². The molecular weight excluding hydrogens is 420 g/mol. The van der Waals surface area contributed by atoms with E-state index in [0.29, 0.717) is 0 Å². The molecule has 0 bridgehead atoms. The fourth-order valence-corrected chi connectivity index (χ4v) is 6.82. The molecule has 2 atom stereocenters. The van der Waals surface area contributed by atoms with Crippen molar-refractivity contribution in [2.45, 2.75) is 44.2 Å². The van der Waals surface area contributed by atoms with Crippen molar-refractivity contribution in [2.24, 2.45) is 0 Å². The van der Waals surface area contributed by atoms with E-state index < -0.39 is 0 Å². The summed E-state index contributed by atoms with van der Waals surface area (Å²) < 4.78 is 5.30. The van der Waals surface area contributed by atoms with Crippen molar-refractivity contribution in [3.05, 3.63) is 81.2 Å². The Bertz CT molecular complexity index is 1230. The number of aryl methyl sites for hydroxylation is 1. The number of nitrogens with one attached hydrogen (secondary N) is 1. The van der Waals surface area contributed by atoms with Gasteiger partial charge in [0.05, 0.1) is 12.7 Å². The minimum Gasteiger partial charge on any atom is -0.497 e. The zero-order valence-corrected chi connectivity index (χ0v) is 18.7. The van der Waals surface area contributed by atoms with E-state index >= 15 is 0 Å². The van der Waals surface area contributed by atoms with Gasteiger partial charge in [-0.3, -0.25) is 14.5 Å². The van der Waals surface area contributed by atoms with E-state index in [-0.39, 0.29) is 23.9 Å². The predicted molar refractivity (Wildman–Crippen MR) is 125 cm³/mol. The van der Waals surface area contributed by atoms with Crippen LogP contribution < -0.4 is 15.0 Å². The highest BCUT2D eigenvalue weighted by molar-refractivity contribution is 7.17. The number of benzene rings is 2. The Hall–Kier alpha value is -3.12. The largest absolute Gasteiger partial charge is 0.497 e. The van der Waals surface area contributed by atoms with E-state index in [4.69, 9.17) is 4.74 Å². The summed E-state index contributed by atoms with van der Waals surface area (Å²) in [5, 5.41) is 4.06. The Morgan fingerprint density at radius 2 is 1.84 bits per heavy atom. The van der Waals surface area contributed by atoms with Crippen LogP contribution in [0, 0.1) is 0 Å². The number of ether oxygens (including phenoxy) is 1. The van der Waals surface area contributed by atoms with Crippen molar-refractivity contribution in [1.82, 2.24) is 5.32 Å². The maximum Gasteiger partial charge on any atom is 0.260 e. The van der Waals surface area contributed by atoms with Gasteiger partial charge in [-0.05, 0) is 67.0 Å². The molecule has 1 N–H and O–H groups in total. The predicted octanol–water partition coefficient (Wildman–Crippen LogP) is 4.69. The summed E-state index contributed by atoms with van der Waals surface area (Å²) in [6, 6.07) is 15.9. The number of hydrogen-bond acceptors (Lipinski definition) is 4. The van der Waals surface area contributed by atoms with E-state index in [0.717, 1.165) is 70.7 Å². The second kappa shape index (κ2) is 7.48. The Morgan fingerprint density at radius 3 is 2.66 bits per heavy atom. The molecule has 0 fully saturated rings. The highest BCUT2D eigenvalue weighted by atomic mass is 32.1. The molecule has 2 aliphatic heterocycles. The van der Waals surface area contributed by atoms with Gasteiger partial charge >= 0.3 is 0 Å². The minimum atomic E-state index is -0.389. The zero-order valence-electron chi connectivity index (χ0n) is 17.9. The normalized spacial score (nSPS) is 21.2. The number of hydrogen-bond donors (Lipinski definition) is 1. The summed E-state index contributed by atoms with van der Waals surface area (Å²) >= 11 is 1.65. The number of rotatable bonds is 3. The summed E-state index contributed by atoms with van der Waals surface area (Å²) in [7, 11) is 1.66. The van der Waals surface area contributed by atoms with Crippen LogP contribution in [0.2, 0.25) is 0 Å². The molecule has 5 nitrogen and oxygen atoms in total.